The molecule has 302 valence electrons. The van der Waals surface area contributed by atoms with Crippen LogP contribution in [0.3, 0.4) is 0 Å². The van der Waals surface area contributed by atoms with E-state index in [9.17, 15) is 9.59 Å². The number of thiazole rings is 1. The zero-order valence-electron chi connectivity index (χ0n) is 32.7. The van der Waals surface area contributed by atoms with Crippen molar-refractivity contribution >= 4 is 39.8 Å². The van der Waals surface area contributed by atoms with E-state index in [0.29, 0.717) is 70.7 Å². The number of nitrogens with one attached hydrogen (secondary N) is 4. The number of benzene rings is 1. The summed E-state index contributed by atoms with van der Waals surface area (Å²) >= 11 is 1.57. The average Bonchev–Trinajstić information content (AvgIpc) is 3.83. The Morgan fingerprint density at radius 3 is 2.36 bits per heavy atom. The highest BCUT2D eigenvalue weighted by atomic mass is 32.1. The van der Waals surface area contributed by atoms with Crippen LogP contribution >= 0.6 is 11.3 Å². The molecule has 0 bridgehead atoms. The van der Waals surface area contributed by atoms with Crippen LogP contribution in [0.1, 0.15) is 86.8 Å². The molecule has 55 heavy (non-hydrogen) atoms. The molecule has 0 spiro atoms. The summed E-state index contributed by atoms with van der Waals surface area (Å²) in [6, 6.07) is 11.9. The number of carbonyl (C=O) groups excluding carboxylic acids is 2. The molecule has 5 rings (SSSR count). The molecule has 14 heteroatoms. The van der Waals surface area contributed by atoms with Crippen molar-refractivity contribution in [1.82, 2.24) is 25.5 Å². The molecule has 0 saturated heterocycles. The standard InChI is InChI=1S/C41H61N7O6S/c1-3-9-32(2)48-31-35-34(39(48)50)11-8-12-36(35)46-38(49)14-21-51-25-27-54-28-26-53-23-18-42-17-22-52-24-19-44-41(15-5-4-6-16-41)30-33-10-7-13-37(45-33)47-40-43-20-29-55-40/h7-8,10-13,20,29,32,42,44H,3-6,9,14-19,21-28,30-31H2,1-2H3,(H,46,49)(H,43,45,47). The fourth-order valence-electron chi connectivity index (χ4n) is 7.26. The normalized spacial score (nSPS) is 15.6. The van der Waals surface area contributed by atoms with Gasteiger partial charge in [0.25, 0.3) is 5.91 Å². The fourth-order valence-corrected chi connectivity index (χ4v) is 7.79. The maximum absolute atomic E-state index is 12.9. The SMILES string of the molecule is CCCC(C)N1Cc2c(NC(=O)CCOCCOCCOCCNCCOCCNC3(Cc4cccc(Nc5nccs5)n4)CCCCC3)cccc2C1=O. The summed E-state index contributed by atoms with van der Waals surface area (Å²) in [5.41, 5.74) is 3.42. The van der Waals surface area contributed by atoms with Crippen molar-refractivity contribution in [3.05, 3.63) is 64.8 Å². The lowest BCUT2D eigenvalue weighted by Gasteiger charge is -2.38. The van der Waals surface area contributed by atoms with Crippen molar-refractivity contribution in [3.63, 3.8) is 0 Å². The van der Waals surface area contributed by atoms with Crippen molar-refractivity contribution < 1.29 is 28.5 Å². The lowest BCUT2D eigenvalue weighted by Crippen LogP contribution is -2.50. The summed E-state index contributed by atoms with van der Waals surface area (Å²) in [6.45, 7) is 11.1. The molecule has 2 amide bonds. The van der Waals surface area contributed by atoms with Gasteiger partial charge in [-0.25, -0.2) is 9.97 Å². The van der Waals surface area contributed by atoms with Crippen LogP contribution in [-0.4, -0.2) is 111 Å². The molecule has 2 aromatic heterocycles. The topological polar surface area (TPSA) is 148 Å². The Morgan fingerprint density at radius 1 is 0.909 bits per heavy atom. The van der Waals surface area contributed by atoms with Crippen LogP contribution in [-0.2, 0) is 36.7 Å². The molecule has 3 aromatic rings. The first-order chi connectivity index (χ1) is 27.0. The summed E-state index contributed by atoms with van der Waals surface area (Å²) in [7, 11) is 0. The lowest BCUT2D eigenvalue weighted by molar-refractivity contribution is -0.117. The van der Waals surface area contributed by atoms with E-state index >= 15 is 0 Å². The average molecular weight is 780 g/mol. The van der Waals surface area contributed by atoms with Crippen LogP contribution in [0.4, 0.5) is 16.6 Å². The van der Waals surface area contributed by atoms with Gasteiger partial charge in [-0.15, -0.1) is 11.3 Å². The van der Waals surface area contributed by atoms with Crippen molar-refractivity contribution in [1.29, 1.82) is 0 Å². The number of aromatic nitrogens is 2. The predicted octanol–water partition coefficient (Wildman–Crippen LogP) is 5.95. The predicted molar refractivity (Wildman–Crippen MR) is 217 cm³/mol. The van der Waals surface area contributed by atoms with Crippen molar-refractivity contribution in [3.8, 4) is 0 Å². The van der Waals surface area contributed by atoms with Gasteiger partial charge in [-0.2, -0.15) is 0 Å². The Balaban J connectivity index is 0.821. The third kappa shape index (κ3) is 14.2. The molecule has 1 aliphatic carbocycles. The molecule has 1 unspecified atom stereocenters. The second kappa shape index (κ2) is 23.5. The summed E-state index contributed by atoms with van der Waals surface area (Å²) in [5.74, 6) is 0.738. The maximum atomic E-state index is 12.9. The molecule has 1 fully saturated rings. The van der Waals surface area contributed by atoms with Crippen LogP contribution in [0.25, 0.3) is 0 Å². The Kier molecular flexibility index (Phi) is 18.3. The summed E-state index contributed by atoms with van der Waals surface area (Å²) in [5, 5.41) is 16.3. The second-order valence-electron chi connectivity index (χ2n) is 14.3. The van der Waals surface area contributed by atoms with Gasteiger partial charge in [0, 0.05) is 78.3 Å². The summed E-state index contributed by atoms with van der Waals surface area (Å²) in [6.07, 6.45) is 11.0. The van der Waals surface area contributed by atoms with Crippen molar-refractivity contribution in [2.24, 2.45) is 0 Å². The number of anilines is 3. The van der Waals surface area contributed by atoms with Gasteiger partial charge in [0.15, 0.2) is 5.13 Å². The van der Waals surface area contributed by atoms with E-state index in [1.54, 1.807) is 17.5 Å². The van der Waals surface area contributed by atoms with E-state index in [1.807, 2.05) is 34.5 Å². The molecule has 3 heterocycles. The van der Waals surface area contributed by atoms with E-state index in [-0.39, 0.29) is 29.8 Å². The van der Waals surface area contributed by atoms with Gasteiger partial charge < -0.3 is 45.1 Å². The smallest absolute Gasteiger partial charge is 0.254 e. The number of nitrogens with zero attached hydrogens (tertiary/aromatic N) is 3. The highest BCUT2D eigenvalue weighted by molar-refractivity contribution is 7.13. The van der Waals surface area contributed by atoms with Crippen LogP contribution < -0.4 is 21.3 Å². The first-order valence-corrected chi connectivity index (χ1v) is 21.0. The van der Waals surface area contributed by atoms with Gasteiger partial charge in [-0.1, -0.05) is 44.7 Å². The van der Waals surface area contributed by atoms with Crippen LogP contribution in [0, 0.1) is 0 Å². The second-order valence-corrected chi connectivity index (χ2v) is 15.2. The fraction of sp³-hybridized carbons (Fsp3) is 0.610. The molecule has 1 atom stereocenters. The first kappa shape index (κ1) is 42.6. The minimum absolute atomic E-state index is 0.0373. The minimum atomic E-state index is -0.136. The molecule has 1 aliphatic heterocycles. The zero-order chi connectivity index (χ0) is 38.6. The number of hydrogen-bond acceptors (Lipinski definition) is 12. The van der Waals surface area contributed by atoms with Gasteiger partial charge in [0.05, 0.1) is 59.3 Å². The van der Waals surface area contributed by atoms with Crippen LogP contribution in [0.5, 0.6) is 0 Å². The van der Waals surface area contributed by atoms with Crippen LogP contribution in [0.2, 0.25) is 0 Å². The molecule has 2 aliphatic rings. The molecule has 1 saturated carbocycles. The van der Waals surface area contributed by atoms with E-state index in [1.165, 1.54) is 19.3 Å². The maximum Gasteiger partial charge on any atom is 0.254 e. The summed E-state index contributed by atoms with van der Waals surface area (Å²) in [4.78, 5) is 36.5. The largest absolute Gasteiger partial charge is 0.379 e. The van der Waals surface area contributed by atoms with Crippen molar-refractivity contribution in [2.75, 3.05) is 83.1 Å². The van der Waals surface area contributed by atoms with E-state index < -0.39 is 0 Å². The highest BCUT2D eigenvalue weighted by Crippen LogP contribution is 2.33. The monoisotopic (exact) mass is 779 g/mol. The van der Waals surface area contributed by atoms with Gasteiger partial charge in [0.1, 0.15) is 5.82 Å². The Labute approximate surface area is 330 Å². The first-order valence-electron chi connectivity index (χ1n) is 20.1. The zero-order valence-corrected chi connectivity index (χ0v) is 33.6. The third-order valence-electron chi connectivity index (χ3n) is 10.1. The van der Waals surface area contributed by atoms with E-state index in [2.05, 4.69) is 52.2 Å². The van der Waals surface area contributed by atoms with E-state index in [0.717, 1.165) is 73.9 Å². The van der Waals surface area contributed by atoms with Gasteiger partial charge >= 0.3 is 0 Å². The molecule has 4 N–H and O–H groups in total. The number of ether oxygens (including phenoxy) is 4. The molecule has 1 aromatic carbocycles. The number of rotatable bonds is 27. The van der Waals surface area contributed by atoms with Gasteiger partial charge in [0.2, 0.25) is 5.91 Å². The number of amides is 2. The summed E-state index contributed by atoms with van der Waals surface area (Å²) < 4.78 is 22.8. The lowest BCUT2D eigenvalue weighted by atomic mass is 9.78. The Hall–Kier alpha value is -3.50. The Morgan fingerprint density at radius 2 is 1.62 bits per heavy atom. The number of carbonyl (C=O) groups is 2. The van der Waals surface area contributed by atoms with Crippen molar-refractivity contribution in [2.45, 2.75) is 89.8 Å². The van der Waals surface area contributed by atoms with Gasteiger partial charge in [-0.3, -0.25) is 9.59 Å². The number of pyridine rings is 1. The molecular weight excluding hydrogens is 719 g/mol. The third-order valence-corrected chi connectivity index (χ3v) is 10.8. The van der Waals surface area contributed by atoms with Crippen LogP contribution in [0.15, 0.2) is 48.0 Å². The Bertz CT molecular complexity index is 1570. The highest BCUT2D eigenvalue weighted by Gasteiger charge is 2.33. The van der Waals surface area contributed by atoms with E-state index in [4.69, 9.17) is 23.9 Å². The number of fused-ring (bicyclic) bond motifs is 1. The molecular formula is C41H61N7O6S. The number of hydrogen-bond donors (Lipinski definition) is 4. The minimum Gasteiger partial charge on any atom is -0.379 e. The quantitative estimate of drug-likeness (QED) is 0.0682. The van der Waals surface area contributed by atoms with Gasteiger partial charge in [-0.05, 0) is 50.5 Å². The molecule has 13 nitrogen and oxygen atoms in total. The molecule has 0 radical (unpaired) electrons.